The highest BCUT2D eigenvalue weighted by Gasteiger charge is 2.05. The minimum atomic E-state index is 0.102. The summed E-state index contributed by atoms with van der Waals surface area (Å²) < 4.78 is 0. The molecule has 0 saturated heterocycles. The average Bonchev–Trinajstić information content (AvgIpc) is 2.02. The van der Waals surface area contributed by atoms with E-state index in [0.717, 1.165) is 5.03 Å². The third kappa shape index (κ3) is 3.42. The molecule has 1 heterocycles. The van der Waals surface area contributed by atoms with Crippen LogP contribution in [-0.4, -0.2) is 21.9 Å². The molecule has 0 bridgehead atoms. The van der Waals surface area contributed by atoms with Crippen molar-refractivity contribution in [3.63, 3.8) is 0 Å². The van der Waals surface area contributed by atoms with Crippen molar-refractivity contribution in [1.82, 2.24) is 4.98 Å². The number of nitrogen functional groups attached to an aromatic ring is 1. The molecule has 0 saturated carbocycles. The maximum Gasteiger partial charge on any atom is 0.132 e. The van der Waals surface area contributed by atoms with Crippen LogP contribution in [0.2, 0.25) is 5.15 Å². The Bertz CT molecular complexity index is 275. The van der Waals surface area contributed by atoms with Gasteiger partial charge in [0.15, 0.2) is 0 Å². The lowest BCUT2D eigenvalue weighted by molar-refractivity contribution is 0.300. The Balaban J connectivity index is 2.77. The Morgan fingerprint density at radius 3 is 2.92 bits per heavy atom. The van der Waals surface area contributed by atoms with Gasteiger partial charge in [-0.25, -0.2) is 4.98 Å². The van der Waals surface area contributed by atoms with Crippen LogP contribution in [0.1, 0.15) is 6.92 Å². The molecule has 3 N–H and O–H groups in total. The predicted octanol–water partition coefficient (Wildman–Crippen LogP) is 1.79. The average molecular weight is 219 g/mol. The lowest BCUT2D eigenvalue weighted by Crippen LogP contribution is -2.02. The quantitative estimate of drug-likeness (QED) is 0.600. The van der Waals surface area contributed by atoms with Gasteiger partial charge in [-0.15, -0.1) is 11.8 Å². The van der Waals surface area contributed by atoms with Crippen LogP contribution >= 0.6 is 23.4 Å². The van der Waals surface area contributed by atoms with Crippen molar-refractivity contribution in [3.8, 4) is 0 Å². The summed E-state index contributed by atoms with van der Waals surface area (Å²) in [7, 11) is 0. The number of nitrogens with two attached hydrogens (primary N) is 1. The molecule has 0 aliphatic carbocycles. The minimum Gasteiger partial charge on any atom is -0.399 e. The molecule has 0 spiro atoms. The Morgan fingerprint density at radius 2 is 2.38 bits per heavy atom. The highest BCUT2D eigenvalue weighted by Crippen LogP contribution is 2.24. The highest BCUT2D eigenvalue weighted by molar-refractivity contribution is 7.99. The van der Waals surface area contributed by atoms with Crippen LogP contribution in [0.5, 0.6) is 0 Å². The summed E-state index contributed by atoms with van der Waals surface area (Å²) in [5.74, 6) is 0. The summed E-state index contributed by atoms with van der Waals surface area (Å²) >= 11 is 7.16. The molecule has 0 amide bonds. The molecule has 0 aliphatic heterocycles. The van der Waals surface area contributed by atoms with Gasteiger partial charge < -0.3 is 10.8 Å². The largest absolute Gasteiger partial charge is 0.399 e. The zero-order chi connectivity index (χ0) is 9.84. The molecule has 1 atom stereocenters. The van der Waals surface area contributed by atoms with Crippen LogP contribution in [0.4, 0.5) is 5.69 Å². The summed E-state index contributed by atoms with van der Waals surface area (Å²) in [6, 6.07) is 3.33. The second-order valence-electron chi connectivity index (χ2n) is 2.67. The van der Waals surface area contributed by atoms with E-state index in [1.165, 1.54) is 11.8 Å². The molecule has 0 radical (unpaired) electrons. The van der Waals surface area contributed by atoms with Gasteiger partial charge in [0.1, 0.15) is 10.2 Å². The number of aliphatic hydroxyl groups is 1. The maximum atomic E-state index is 8.82. The van der Waals surface area contributed by atoms with Gasteiger partial charge in [-0.2, -0.15) is 0 Å². The van der Waals surface area contributed by atoms with E-state index in [2.05, 4.69) is 4.98 Å². The molecular weight excluding hydrogens is 208 g/mol. The summed E-state index contributed by atoms with van der Waals surface area (Å²) in [5.41, 5.74) is 6.17. The number of pyridine rings is 1. The molecule has 0 fully saturated rings. The van der Waals surface area contributed by atoms with Gasteiger partial charge >= 0.3 is 0 Å². The molecule has 3 nitrogen and oxygen atoms in total. The molecule has 1 aromatic rings. The van der Waals surface area contributed by atoms with Gasteiger partial charge in [-0.1, -0.05) is 18.5 Å². The Hall–Kier alpha value is -0.450. The van der Waals surface area contributed by atoms with E-state index in [0.29, 0.717) is 10.8 Å². The van der Waals surface area contributed by atoms with E-state index in [9.17, 15) is 0 Å². The van der Waals surface area contributed by atoms with E-state index in [1.807, 2.05) is 6.92 Å². The minimum absolute atomic E-state index is 0.102. The summed E-state index contributed by atoms with van der Waals surface area (Å²) in [6.45, 7) is 2.02. The van der Waals surface area contributed by atoms with Gasteiger partial charge in [0.25, 0.3) is 0 Å². The van der Waals surface area contributed by atoms with Crippen LogP contribution < -0.4 is 5.73 Å². The summed E-state index contributed by atoms with van der Waals surface area (Å²) in [4.78, 5) is 4.06. The third-order valence-electron chi connectivity index (χ3n) is 1.37. The number of halogens is 1. The maximum absolute atomic E-state index is 8.82. The number of anilines is 1. The lowest BCUT2D eigenvalue weighted by atomic mass is 10.4. The Kier molecular flexibility index (Phi) is 3.84. The highest BCUT2D eigenvalue weighted by atomic mass is 35.5. The second-order valence-corrected chi connectivity index (χ2v) is 4.52. The van der Waals surface area contributed by atoms with Gasteiger partial charge in [0, 0.05) is 10.9 Å². The lowest BCUT2D eigenvalue weighted by Gasteiger charge is -2.07. The smallest absolute Gasteiger partial charge is 0.132 e. The van der Waals surface area contributed by atoms with Crippen molar-refractivity contribution in [1.29, 1.82) is 0 Å². The number of hydrogen-bond donors (Lipinski definition) is 2. The zero-order valence-electron chi connectivity index (χ0n) is 7.20. The van der Waals surface area contributed by atoms with E-state index < -0.39 is 0 Å². The molecule has 1 aromatic heterocycles. The number of aromatic nitrogens is 1. The number of aliphatic hydroxyl groups excluding tert-OH is 1. The fraction of sp³-hybridized carbons (Fsp3) is 0.375. The van der Waals surface area contributed by atoms with Gasteiger partial charge in [-0.05, 0) is 12.1 Å². The number of thioether (sulfide) groups is 1. The molecule has 5 heteroatoms. The van der Waals surface area contributed by atoms with Crippen LogP contribution in [0, 0.1) is 0 Å². The SMILES string of the molecule is CC(CO)Sc1cc(N)cc(Cl)n1. The van der Waals surface area contributed by atoms with Crippen LogP contribution in [0.25, 0.3) is 0 Å². The fourth-order valence-corrected chi connectivity index (χ4v) is 1.90. The number of rotatable bonds is 3. The van der Waals surface area contributed by atoms with Crippen LogP contribution in [0.15, 0.2) is 17.2 Å². The monoisotopic (exact) mass is 218 g/mol. The molecule has 1 rings (SSSR count). The van der Waals surface area contributed by atoms with Gasteiger partial charge in [0.2, 0.25) is 0 Å². The van der Waals surface area contributed by atoms with Crippen LogP contribution in [-0.2, 0) is 0 Å². The second kappa shape index (κ2) is 4.69. The Labute approximate surface area is 86.3 Å². The molecule has 0 aromatic carbocycles. The van der Waals surface area contributed by atoms with Gasteiger partial charge in [-0.3, -0.25) is 0 Å². The third-order valence-corrected chi connectivity index (χ3v) is 2.57. The van der Waals surface area contributed by atoms with E-state index in [4.69, 9.17) is 22.4 Å². The summed E-state index contributed by atoms with van der Waals surface area (Å²) in [5, 5.41) is 10.0. The predicted molar refractivity (Wildman–Crippen MR) is 56.1 cm³/mol. The first-order valence-electron chi connectivity index (χ1n) is 3.82. The standard InChI is InChI=1S/C8H11ClN2OS/c1-5(4-12)13-8-3-6(10)2-7(9)11-8/h2-3,5,12H,4H2,1H3,(H2,10,11). The molecule has 0 aliphatic rings. The first-order chi connectivity index (χ1) is 6.11. The van der Waals surface area contributed by atoms with Crippen molar-refractivity contribution in [2.45, 2.75) is 17.2 Å². The van der Waals surface area contributed by atoms with Gasteiger partial charge in [0.05, 0.1) is 6.61 Å². The molecule has 72 valence electrons. The summed E-state index contributed by atoms with van der Waals surface area (Å²) in [6.07, 6.45) is 0. The topological polar surface area (TPSA) is 59.1 Å². The van der Waals surface area contributed by atoms with Crippen molar-refractivity contribution in [2.75, 3.05) is 12.3 Å². The molecule has 1 unspecified atom stereocenters. The van der Waals surface area contributed by atoms with E-state index in [1.54, 1.807) is 12.1 Å². The first kappa shape index (κ1) is 10.6. The number of hydrogen-bond acceptors (Lipinski definition) is 4. The van der Waals surface area contributed by atoms with Crippen molar-refractivity contribution in [3.05, 3.63) is 17.3 Å². The molecular formula is C8H11ClN2OS. The Morgan fingerprint density at radius 1 is 1.69 bits per heavy atom. The first-order valence-corrected chi connectivity index (χ1v) is 5.08. The number of nitrogens with zero attached hydrogens (tertiary/aromatic N) is 1. The van der Waals surface area contributed by atoms with Crippen molar-refractivity contribution in [2.24, 2.45) is 0 Å². The van der Waals surface area contributed by atoms with E-state index >= 15 is 0 Å². The molecule has 13 heavy (non-hydrogen) atoms. The van der Waals surface area contributed by atoms with Crippen molar-refractivity contribution < 1.29 is 5.11 Å². The normalized spacial score (nSPS) is 12.8. The van der Waals surface area contributed by atoms with E-state index in [-0.39, 0.29) is 11.9 Å². The fourth-order valence-electron chi connectivity index (χ4n) is 0.795. The van der Waals surface area contributed by atoms with Crippen molar-refractivity contribution >= 4 is 29.1 Å². The zero-order valence-corrected chi connectivity index (χ0v) is 8.77. The van der Waals surface area contributed by atoms with Crippen LogP contribution in [0.3, 0.4) is 0 Å².